The van der Waals surface area contributed by atoms with Crippen LogP contribution >= 0.6 is 22.9 Å². The first kappa shape index (κ1) is 17.9. The summed E-state index contributed by atoms with van der Waals surface area (Å²) in [7, 11) is 1.78. The summed E-state index contributed by atoms with van der Waals surface area (Å²) in [5, 5.41) is 3.17. The number of benzene rings is 1. The molecule has 1 unspecified atom stereocenters. The normalized spacial score (nSPS) is 12.4. The number of aromatic nitrogens is 1. The van der Waals surface area contributed by atoms with Gasteiger partial charge in [0.2, 0.25) is 0 Å². The lowest BCUT2D eigenvalue weighted by molar-refractivity contribution is 0.0784. The van der Waals surface area contributed by atoms with E-state index in [1.807, 2.05) is 24.3 Å². The van der Waals surface area contributed by atoms with Gasteiger partial charge >= 0.3 is 0 Å². The summed E-state index contributed by atoms with van der Waals surface area (Å²) < 4.78 is 0. The monoisotopic (exact) mass is 351 g/mol. The molecule has 0 aliphatic rings. The molecular weight excluding hydrogens is 330 g/mol. The highest BCUT2D eigenvalue weighted by atomic mass is 35.5. The number of amides is 1. The highest BCUT2D eigenvalue weighted by molar-refractivity contribution is 7.13. The molecule has 0 saturated heterocycles. The maximum absolute atomic E-state index is 12.5. The molecule has 1 heterocycles. The first-order valence-corrected chi connectivity index (χ1v) is 8.87. The van der Waals surface area contributed by atoms with E-state index in [2.05, 4.69) is 18.8 Å². The predicted octanol–water partition coefficient (Wildman–Crippen LogP) is 3.91. The molecule has 23 heavy (non-hydrogen) atoms. The van der Waals surface area contributed by atoms with E-state index in [-0.39, 0.29) is 11.9 Å². The molecule has 0 fully saturated rings. The quantitative estimate of drug-likeness (QED) is 0.858. The predicted molar refractivity (Wildman–Crippen MR) is 97.0 cm³/mol. The van der Waals surface area contributed by atoms with Crippen LogP contribution in [0.2, 0.25) is 5.02 Å². The number of thiazole rings is 1. The molecular formula is C17H22ClN3OS. The first-order valence-electron chi connectivity index (χ1n) is 7.61. The third-order valence-electron chi connectivity index (χ3n) is 3.83. The van der Waals surface area contributed by atoms with Crippen LogP contribution in [0.15, 0.2) is 29.6 Å². The van der Waals surface area contributed by atoms with Crippen LogP contribution in [0.1, 0.15) is 30.8 Å². The molecule has 0 spiro atoms. The minimum absolute atomic E-state index is 0.0875. The van der Waals surface area contributed by atoms with Gasteiger partial charge in [0.15, 0.2) is 0 Å². The lowest BCUT2D eigenvalue weighted by Crippen LogP contribution is -2.34. The summed E-state index contributed by atoms with van der Waals surface area (Å²) in [6, 6.07) is 7.60. The molecule has 0 saturated carbocycles. The second-order valence-electron chi connectivity index (χ2n) is 5.94. The average Bonchev–Trinajstić information content (AvgIpc) is 3.01. The second-order valence-corrected chi connectivity index (χ2v) is 7.21. The number of carbonyl (C=O) groups is 1. The summed E-state index contributed by atoms with van der Waals surface area (Å²) in [4.78, 5) is 18.6. The third-order valence-corrected chi connectivity index (χ3v) is 5.03. The van der Waals surface area contributed by atoms with Gasteiger partial charge in [0, 0.05) is 30.6 Å². The van der Waals surface area contributed by atoms with Crippen LogP contribution in [0.5, 0.6) is 0 Å². The van der Waals surface area contributed by atoms with E-state index in [1.54, 1.807) is 17.3 Å². The zero-order valence-electron chi connectivity index (χ0n) is 13.6. The Balaban J connectivity index is 2.05. The number of carbonyl (C=O) groups excluding carboxylic acids is 1. The molecule has 1 amide bonds. The van der Waals surface area contributed by atoms with Crippen LogP contribution in [0.4, 0.5) is 0 Å². The molecule has 1 aromatic carbocycles. The molecule has 0 radical (unpaired) electrons. The van der Waals surface area contributed by atoms with Gasteiger partial charge in [-0.05, 0) is 18.4 Å². The zero-order chi connectivity index (χ0) is 17.0. The summed E-state index contributed by atoms with van der Waals surface area (Å²) in [6.45, 7) is 4.79. The van der Waals surface area contributed by atoms with Gasteiger partial charge in [-0.2, -0.15) is 0 Å². The van der Waals surface area contributed by atoms with E-state index < -0.39 is 0 Å². The van der Waals surface area contributed by atoms with Crippen molar-refractivity contribution in [3.05, 3.63) is 40.4 Å². The van der Waals surface area contributed by atoms with Crippen molar-refractivity contribution in [1.82, 2.24) is 9.88 Å². The number of hydrogen-bond acceptors (Lipinski definition) is 4. The lowest BCUT2D eigenvalue weighted by atomic mass is 10.0. The van der Waals surface area contributed by atoms with Crippen molar-refractivity contribution in [1.29, 1.82) is 0 Å². The Morgan fingerprint density at radius 2 is 2.09 bits per heavy atom. The average molecular weight is 352 g/mol. The Labute approximate surface area is 146 Å². The molecule has 2 aromatic rings. The van der Waals surface area contributed by atoms with Crippen LogP contribution in [0.25, 0.3) is 10.6 Å². The molecule has 2 N–H and O–H groups in total. The fourth-order valence-electron chi connectivity index (χ4n) is 2.10. The Bertz CT molecular complexity index is 671. The number of nitrogens with zero attached hydrogens (tertiary/aromatic N) is 2. The molecule has 0 aliphatic heterocycles. The van der Waals surface area contributed by atoms with Gasteiger partial charge in [-0.25, -0.2) is 4.98 Å². The molecule has 1 atom stereocenters. The van der Waals surface area contributed by atoms with E-state index in [4.69, 9.17) is 17.3 Å². The molecule has 0 bridgehead atoms. The summed E-state index contributed by atoms with van der Waals surface area (Å²) in [5.74, 6) is 0.320. The maximum atomic E-state index is 12.5. The standard InChI is InChI=1S/C17H22ClN3OS/c1-11(2)14(19)8-9-21(3)17(22)15-10-23-16(20-15)12-6-4-5-7-13(12)18/h4-7,10-11,14H,8-9,19H2,1-3H3. The van der Waals surface area contributed by atoms with Crippen molar-refractivity contribution in [2.24, 2.45) is 11.7 Å². The zero-order valence-corrected chi connectivity index (χ0v) is 15.2. The molecule has 0 aliphatic carbocycles. The molecule has 6 heteroatoms. The molecule has 2 rings (SSSR count). The van der Waals surface area contributed by atoms with Crippen molar-refractivity contribution in [2.75, 3.05) is 13.6 Å². The number of nitrogens with two attached hydrogens (primary N) is 1. The fourth-order valence-corrected chi connectivity index (χ4v) is 3.22. The van der Waals surface area contributed by atoms with Crippen LogP contribution in [-0.2, 0) is 0 Å². The molecule has 1 aromatic heterocycles. The highest BCUT2D eigenvalue weighted by Gasteiger charge is 2.18. The van der Waals surface area contributed by atoms with E-state index in [1.165, 1.54) is 11.3 Å². The van der Waals surface area contributed by atoms with Crippen molar-refractivity contribution in [3.63, 3.8) is 0 Å². The summed E-state index contributed by atoms with van der Waals surface area (Å²) in [6.07, 6.45) is 0.779. The Hall–Kier alpha value is -1.43. The van der Waals surface area contributed by atoms with Crippen molar-refractivity contribution in [3.8, 4) is 10.6 Å². The smallest absolute Gasteiger partial charge is 0.273 e. The Kier molecular flexibility index (Phi) is 6.16. The summed E-state index contributed by atoms with van der Waals surface area (Å²) in [5.41, 5.74) is 7.33. The fraction of sp³-hybridized carbons (Fsp3) is 0.412. The second kappa shape index (κ2) is 7.90. The number of rotatable bonds is 6. The van der Waals surface area contributed by atoms with Crippen molar-refractivity contribution < 1.29 is 4.79 Å². The minimum Gasteiger partial charge on any atom is -0.340 e. The van der Waals surface area contributed by atoms with E-state index >= 15 is 0 Å². The minimum atomic E-state index is -0.0875. The largest absolute Gasteiger partial charge is 0.340 e. The SMILES string of the molecule is CC(C)C(N)CCN(C)C(=O)c1csc(-c2ccccc2Cl)n1. The van der Waals surface area contributed by atoms with Gasteiger partial charge in [-0.15, -0.1) is 11.3 Å². The van der Waals surface area contributed by atoms with Crippen LogP contribution in [0, 0.1) is 5.92 Å². The van der Waals surface area contributed by atoms with Gasteiger partial charge in [-0.3, -0.25) is 4.79 Å². The first-order chi connectivity index (χ1) is 10.9. The number of hydrogen-bond donors (Lipinski definition) is 1. The maximum Gasteiger partial charge on any atom is 0.273 e. The van der Waals surface area contributed by atoms with Crippen molar-refractivity contribution in [2.45, 2.75) is 26.3 Å². The topological polar surface area (TPSA) is 59.2 Å². The molecule has 124 valence electrons. The Morgan fingerprint density at radius 3 is 2.74 bits per heavy atom. The van der Waals surface area contributed by atoms with Gasteiger partial charge in [0.05, 0.1) is 5.02 Å². The van der Waals surface area contributed by atoms with Gasteiger partial charge in [-0.1, -0.05) is 43.6 Å². The van der Waals surface area contributed by atoms with Crippen molar-refractivity contribution >= 4 is 28.8 Å². The van der Waals surface area contributed by atoms with E-state index in [0.29, 0.717) is 23.2 Å². The van der Waals surface area contributed by atoms with Gasteiger partial charge in [0.1, 0.15) is 10.7 Å². The summed E-state index contributed by atoms with van der Waals surface area (Å²) >= 11 is 7.61. The van der Waals surface area contributed by atoms with Gasteiger partial charge < -0.3 is 10.6 Å². The number of halogens is 1. The third kappa shape index (κ3) is 4.53. The molecule has 4 nitrogen and oxygen atoms in total. The highest BCUT2D eigenvalue weighted by Crippen LogP contribution is 2.30. The van der Waals surface area contributed by atoms with Crippen LogP contribution in [0.3, 0.4) is 0 Å². The van der Waals surface area contributed by atoms with Crippen LogP contribution < -0.4 is 5.73 Å². The Morgan fingerprint density at radius 1 is 1.39 bits per heavy atom. The lowest BCUT2D eigenvalue weighted by Gasteiger charge is -2.20. The van der Waals surface area contributed by atoms with E-state index in [9.17, 15) is 4.79 Å². The van der Waals surface area contributed by atoms with Crippen LogP contribution in [-0.4, -0.2) is 35.4 Å². The van der Waals surface area contributed by atoms with Gasteiger partial charge in [0.25, 0.3) is 5.91 Å². The van der Waals surface area contributed by atoms with E-state index in [0.717, 1.165) is 17.0 Å².